The van der Waals surface area contributed by atoms with E-state index < -0.39 is 29.1 Å². The molecule has 6 heteroatoms. The molecule has 3 aromatic carbocycles. The fourth-order valence-corrected chi connectivity index (χ4v) is 3.61. The Bertz CT molecular complexity index is 1230. The third-order valence-corrected chi connectivity index (χ3v) is 5.42. The van der Waals surface area contributed by atoms with Crippen molar-refractivity contribution in [2.45, 2.75) is 26.7 Å². The first-order valence-corrected chi connectivity index (χ1v) is 10.3. The Morgan fingerprint density at radius 1 is 0.844 bits per heavy atom. The minimum Gasteiger partial charge on any atom is -0.350 e. The molecule has 0 saturated carbocycles. The summed E-state index contributed by atoms with van der Waals surface area (Å²) in [5, 5.41) is 3.04. The molecular formula is C26H22F2N2O2. The molecule has 0 radical (unpaired) electrons. The van der Waals surface area contributed by atoms with Crippen LogP contribution in [0.5, 0.6) is 0 Å². The van der Waals surface area contributed by atoms with Crippen LogP contribution in [0.3, 0.4) is 0 Å². The number of aryl methyl sites for hydroxylation is 1. The molecule has 1 N–H and O–H groups in total. The number of hydrogen-bond acceptors (Lipinski definition) is 3. The van der Waals surface area contributed by atoms with Crippen LogP contribution in [0.25, 0.3) is 5.57 Å². The van der Waals surface area contributed by atoms with Gasteiger partial charge < -0.3 is 5.32 Å². The lowest BCUT2D eigenvalue weighted by atomic mass is 10.0. The van der Waals surface area contributed by atoms with Gasteiger partial charge in [0.25, 0.3) is 11.8 Å². The van der Waals surface area contributed by atoms with Gasteiger partial charge in [-0.05, 0) is 48.2 Å². The van der Waals surface area contributed by atoms with Crippen molar-refractivity contribution in [1.82, 2.24) is 0 Å². The Morgan fingerprint density at radius 2 is 1.50 bits per heavy atom. The molecule has 4 nitrogen and oxygen atoms in total. The summed E-state index contributed by atoms with van der Waals surface area (Å²) in [6.45, 7) is 6.06. The van der Waals surface area contributed by atoms with Crippen molar-refractivity contribution in [3.8, 4) is 0 Å². The van der Waals surface area contributed by atoms with Crippen molar-refractivity contribution in [2.24, 2.45) is 0 Å². The lowest BCUT2D eigenvalue weighted by Gasteiger charge is -2.16. The fourth-order valence-electron chi connectivity index (χ4n) is 3.61. The second-order valence-electron chi connectivity index (χ2n) is 8.06. The molecule has 0 aromatic heterocycles. The number of halogens is 2. The van der Waals surface area contributed by atoms with Crippen LogP contribution in [0.1, 0.15) is 36.5 Å². The van der Waals surface area contributed by atoms with Crippen LogP contribution in [0.2, 0.25) is 0 Å². The highest BCUT2D eigenvalue weighted by atomic mass is 19.1. The van der Waals surface area contributed by atoms with Crippen LogP contribution in [-0.4, -0.2) is 11.8 Å². The highest BCUT2D eigenvalue weighted by Crippen LogP contribution is 2.35. The first-order chi connectivity index (χ1) is 15.3. The van der Waals surface area contributed by atoms with Gasteiger partial charge in [0.1, 0.15) is 17.3 Å². The molecule has 2 amide bonds. The molecule has 0 atom stereocenters. The third kappa shape index (κ3) is 3.91. The molecule has 0 spiro atoms. The standard InChI is InChI=1S/C26H22F2N2O2/c1-15(2)17-8-11-20(12-9-17)29-24-23(18-6-4-16(3)5-7-18)25(31)30(26(24)32)22-14-19(27)10-13-21(22)28/h4-15,29H,1-3H3. The summed E-state index contributed by atoms with van der Waals surface area (Å²) in [4.78, 5) is 27.3. The molecular weight excluding hydrogens is 410 g/mol. The maximum Gasteiger partial charge on any atom is 0.282 e. The molecule has 32 heavy (non-hydrogen) atoms. The van der Waals surface area contributed by atoms with Crippen molar-refractivity contribution in [1.29, 1.82) is 0 Å². The first-order valence-electron chi connectivity index (χ1n) is 10.3. The van der Waals surface area contributed by atoms with Gasteiger partial charge in [-0.25, -0.2) is 13.7 Å². The summed E-state index contributed by atoms with van der Waals surface area (Å²) in [6, 6.07) is 17.3. The molecule has 0 bridgehead atoms. The molecule has 3 aromatic rings. The van der Waals surface area contributed by atoms with Gasteiger partial charge in [0.15, 0.2) is 0 Å². The zero-order chi connectivity index (χ0) is 23.0. The van der Waals surface area contributed by atoms with Crippen LogP contribution in [0.4, 0.5) is 20.2 Å². The smallest absolute Gasteiger partial charge is 0.282 e. The van der Waals surface area contributed by atoms with Gasteiger partial charge in [0, 0.05) is 11.8 Å². The summed E-state index contributed by atoms with van der Waals surface area (Å²) in [5.74, 6) is -2.73. The van der Waals surface area contributed by atoms with E-state index in [1.165, 1.54) is 0 Å². The lowest BCUT2D eigenvalue weighted by Crippen LogP contribution is -2.33. The summed E-state index contributed by atoms with van der Waals surface area (Å²) in [5.41, 5.74) is 2.92. The van der Waals surface area contributed by atoms with Crippen molar-refractivity contribution in [2.75, 3.05) is 10.2 Å². The Balaban J connectivity index is 1.81. The van der Waals surface area contributed by atoms with Crippen LogP contribution in [0.15, 0.2) is 72.4 Å². The van der Waals surface area contributed by atoms with Gasteiger partial charge in [-0.3, -0.25) is 9.59 Å². The van der Waals surface area contributed by atoms with Gasteiger partial charge in [-0.2, -0.15) is 0 Å². The highest BCUT2D eigenvalue weighted by Gasteiger charge is 2.41. The molecule has 0 unspecified atom stereocenters. The van der Waals surface area contributed by atoms with E-state index in [1.54, 1.807) is 12.1 Å². The largest absolute Gasteiger partial charge is 0.350 e. The average Bonchev–Trinajstić information content (AvgIpc) is 3.00. The number of imide groups is 1. The number of nitrogens with one attached hydrogen (secondary N) is 1. The van der Waals surface area contributed by atoms with Crippen LogP contribution in [-0.2, 0) is 9.59 Å². The lowest BCUT2D eigenvalue weighted by molar-refractivity contribution is -0.120. The summed E-state index contributed by atoms with van der Waals surface area (Å²) in [7, 11) is 0. The molecule has 0 fully saturated rings. The van der Waals surface area contributed by atoms with Gasteiger partial charge in [-0.1, -0.05) is 55.8 Å². The Hall–Kier alpha value is -3.80. The maximum atomic E-state index is 14.5. The number of hydrogen-bond donors (Lipinski definition) is 1. The number of amides is 2. The van der Waals surface area contributed by atoms with Gasteiger partial charge in [0.05, 0.1) is 11.3 Å². The topological polar surface area (TPSA) is 49.4 Å². The van der Waals surface area contributed by atoms with E-state index in [9.17, 15) is 18.4 Å². The number of benzene rings is 3. The fraction of sp³-hybridized carbons (Fsp3) is 0.154. The predicted molar refractivity (Wildman–Crippen MR) is 121 cm³/mol. The molecule has 4 rings (SSSR count). The van der Waals surface area contributed by atoms with Crippen molar-refractivity contribution < 1.29 is 18.4 Å². The molecule has 1 aliphatic heterocycles. The number of nitrogens with zero attached hydrogens (tertiary/aromatic N) is 1. The van der Waals surface area contributed by atoms with Crippen molar-refractivity contribution in [3.63, 3.8) is 0 Å². The number of carbonyl (C=O) groups excluding carboxylic acids is 2. The van der Waals surface area contributed by atoms with Gasteiger partial charge >= 0.3 is 0 Å². The Labute approximate surface area is 185 Å². The van der Waals surface area contributed by atoms with E-state index in [4.69, 9.17) is 0 Å². The quantitative estimate of drug-likeness (QED) is 0.519. The minimum absolute atomic E-state index is 0.0137. The van der Waals surface area contributed by atoms with E-state index in [0.717, 1.165) is 29.3 Å². The van der Waals surface area contributed by atoms with E-state index >= 15 is 0 Å². The Kier molecular flexibility index (Phi) is 5.61. The van der Waals surface area contributed by atoms with Crippen molar-refractivity contribution in [3.05, 3.63) is 101 Å². The van der Waals surface area contributed by atoms with Gasteiger partial charge in [0.2, 0.25) is 0 Å². The average molecular weight is 432 g/mol. The van der Waals surface area contributed by atoms with Crippen LogP contribution in [0, 0.1) is 18.6 Å². The number of anilines is 2. The zero-order valence-corrected chi connectivity index (χ0v) is 17.9. The monoisotopic (exact) mass is 432 g/mol. The van der Waals surface area contributed by atoms with Gasteiger partial charge in [-0.15, -0.1) is 0 Å². The van der Waals surface area contributed by atoms with E-state index in [2.05, 4.69) is 19.2 Å². The van der Waals surface area contributed by atoms with Crippen LogP contribution < -0.4 is 10.2 Å². The SMILES string of the molecule is Cc1ccc(C2=C(Nc3ccc(C(C)C)cc3)C(=O)N(c3cc(F)ccc3F)C2=O)cc1. The maximum absolute atomic E-state index is 14.5. The van der Waals surface area contributed by atoms with E-state index in [1.807, 2.05) is 43.3 Å². The highest BCUT2D eigenvalue weighted by molar-refractivity contribution is 6.46. The summed E-state index contributed by atoms with van der Waals surface area (Å²) in [6.07, 6.45) is 0. The molecule has 1 heterocycles. The molecule has 1 aliphatic rings. The van der Waals surface area contributed by atoms with Crippen LogP contribution >= 0.6 is 0 Å². The molecule has 0 aliphatic carbocycles. The van der Waals surface area contributed by atoms with Crippen molar-refractivity contribution >= 4 is 28.8 Å². The number of carbonyl (C=O) groups is 2. The summed E-state index contributed by atoms with van der Waals surface area (Å²) < 4.78 is 28.3. The normalized spacial score (nSPS) is 14.0. The third-order valence-electron chi connectivity index (χ3n) is 5.42. The minimum atomic E-state index is -0.862. The molecule has 162 valence electrons. The number of rotatable bonds is 5. The second kappa shape index (κ2) is 8.38. The Morgan fingerprint density at radius 3 is 2.12 bits per heavy atom. The van der Waals surface area contributed by atoms with E-state index in [0.29, 0.717) is 22.1 Å². The van der Waals surface area contributed by atoms with E-state index in [-0.39, 0.29) is 11.3 Å². The first kappa shape index (κ1) is 21.4. The predicted octanol–water partition coefficient (Wildman–Crippen LogP) is 5.79. The zero-order valence-electron chi connectivity index (χ0n) is 17.9. The molecule has 0 saturated heterocycles. The summed E-state index contributed by atoms with van der Waals surface area (Å²) >= 11 is 0. The second-order valence-corrected chi connectivity index (χ2v) is 8.06.